The topological polar surface area (TPSA) is 113 Å². The molecule has 1 aromatic carbocycles. The molecule has 2 aliphatic heterocycles. The van der Waals surface area contributed by atoms with Gasteiger partial charge in [-0.05, 0) is 60.1 Å². The van der Waals surface area contributed by atoms with E-state index in [9.17, 15) is 18.9 Å². The molecule has 0 unspecified atom stereocenters. The molecular weight excluding hydrogens is 541 g/mol. The van der Waals surface area contributed by atoms with Crippen molar-refractivity contribution in [3.8, 4) is 12.1 Å². The van der Waals surface area contributed by atoms with Gasteiger partial charge in [0.1, 0.15) is 23.0 Å². The van der Waals surface area contributed by atoms with Gasteiger partial charge in [-0.15, -0.1) is 11.8 Å². The molecule has 1 aromatic heterocycles. The highest BCUT2D eigenvalue weighted by molar-refractivity contribution is 7.98. The van der Waals surface area contributed by atoms with Crippen LogP contribution in [0.4, 0.5) is 11.5 Å². The Hall–Kier alpha value is -3.31. The molecule has 0 bridgehead atoms. The Balaban J connectivity index is 1.53. The van der Waals surface area contributed by atoms with E-state index in [4.69, 9.17) is 4.98 Å². The van der Waals surface area contributed by atoms with E-state index in [-0.39, 0.29) is 5.41 Å². The average Bonchev–Trinajstić information content (AvgIpc) is 2.94. The smallest absolute Gasteiger partial charge is 0.261 e. The van der Waals surface area contributed by atoms with Crippen LogP contribution in [0, 0.1) is 28.1 Å². The maximum absolute atomic E-state index is 12.3. The van der Waals surface area contributed by atoms with Crippen molar-refractivity contribution in [1.29, 1.82) is 10.5 Å². The first-order valence-electron chi connectivity index (χ1n) is 13.5. The number of rotatable bonds is 8. The second-order valence-corrected chi connectivity index (χ2v) is 13.9. The summed E-state index contributed by atoms with van der Waals surface area (Å²) in [5, 5.41) is 25.6. The molecule has 2 aliphatic rings. The van der Waals surface area contributed by atoms with Gasteiger partial charge in [0.15, 0.2) is 0 Å². The molecule has 8 nitrogen and oxygen atoms in total. The molecule has 0 saturated carbocycles. The zero-order chi connectivity index (χ0) is 28.9. The largest absolute Gasteiger partial charge is 0.355 e. The van der Waals surface area contributed by atoms with E-state index >= 15 is 0 Å². The van der Waals surface area contributed by atoms with Gasteiger partial charge in [0.25, 0.3) is 10.0 Å². The summed E-state index contributed by atoms with van der Waals surface area (Å²) in [5.41, 5.74) is 3.46. The highest BCUT2D eigenvalue weighted by atomic mass is 32.2. The summed E-state index contributed by atoms with van der Waals surface area (Å²) in [6, 6.07) is 12.4. The molecule has 2 aromatic rings. The van der Waals surface area contributed by atoms with Crippen LogP contribution in [0.3, 0.4) is 0 Å². The summed E-state index contributed by atoms with van der Waals surface area (Å²) < 4.78 is 25.9. The molecule has 0 spiro atoms. The van der Waals surface area contributed by atoms with E-state index in [0.717, 1.165) is 43.6 Å². The van der Waals surface area contributed by atoms with Gasteiger partial charge in [-0.25, -0.2) is 17.7 Å². The summed E-state index contributed by atoms with van der Waals surface area (Å²) in [7, 11) is -3.52. The van der Waals surface area contributed by atoms with Crippen LogP contribution in [0.1, 0.15) is 62.8 Å². The van der Waals surface area contributed by atoms with Crippen LogP contribution in [0.25, 0.3) is 0 Å². The second kappa shape index (κ2) is 12.5. The van der Waals surface area contributed by atoms with Gasteiger partial charge in [0.2, 0.25) is 0 Å². The highest BCUT2D eigenvalue weighted by Gasteiger charge is 2.27. The molecule has 40 heavy (non-hydrogen) atoms. The number of nitriles is 2. The quantitative estimate of drug-likeness (QED) is 0.412. The van der Waals surface area contributed by atoms with Gasteiger partial charge in [0.05, 0.1) is 22.2 Å². The molecule has 10 heteroatoms. The Morgan fingerprint density at radius 1 is 1.07 bits per heavy atom. The van der Waals surface area contributed by atoms with Crippen molar-refractivity contribution >= 4 is 33.3 Å². The first kappa shape index (κ1) is 29.7. The van der Waals surface area contributed by atoms with Crippen LogP contribution < -0.4 is 14.5 Å². The van der Waals surface area contributed by atoms with E-state index in [1.54, 1.807) is 18.2 Å². The van der Waals surface area contributed by atoms with Gasteiger partial charge in [-0.2, -0.15) is 10.5 Å². The monoisotopic (exact) mass is 576 g/mol. The Bertz CT molecular complexity index is 1470. The van der Waals surface area contributed by atoms with Gasteiger partial charge in [-0.3, -0.25) is 0 Å². The SMILES string of the molecule is CCc1c(C#N)c(SCc2ccc(N3C=CC=CS3(=O)=O)cc2)nc(N2CCC(NCC(C)(C)C)CC2)c1C#N. The molecule has 0 amide bonds. The van der Waals surface area contributed by atoms with Crippen LogP contribution >= 0.6 is 11.8 Å². The molecule has 3 heterocycles. The maximum Gasteiger partial charge on any atom is 0.261 e. The molecular formula is C30H36N6O2S2. The third kappa shape index (κ3) is 6.87. The number of sulfonamides is 1. The number of hydrogen-bond donors (Lipinski definition) is 1. The van der Waals surface area contributed by atoms with E-state index in [2.05, 4.69) is 43.1 Å². The maximum atomic E-state index is 12.3. The summed E-state index contributed by atoms with van der Waals surface area (Å²) in [5.74, 6) is 1.22. The van der Waals surface area contributed by atoms with Crippen LogP contribution in [0.15, 0.2) is 53.1 Å². The molecule has 1 N–H and O–H groups in total. The van der Waals surface area contributed by atoms with E-state index in [1.165, 1.54) is 33.8 Å². The minimum absolute atomic E-state index is 0.224. The minimum atomic E-state index is -3.52. The lowest BCUT2D eigenvalue weighted by molar-refractivity contribution is 0.323. The minimum Gasteiger partial charge on any atom is -0.355 e. The molecule has 1 fully saturated rings. The molecule has 0 atom stereocenters. The van der Waals surface area contributed by atoms with Crippen LogP contribution in [-0.4, -0.2) is 39.1 Å². The lowest BCUT2D eigenvalue weighted by atomic mass is 9.95. The zero-order valence-corrected chi connectivity index (χ0v) is 25.1. The first-order chi connectivity index (χ1) is 19.1. The predicted octanol–water partition coefficient (Wildman–Crippen LogP) is 5.46. The van der Waals surface area contributed by atoms with Gasteiger partial charge < -0.3 is 10.2 Å². The molecule has 1 saturated heterocycles. The van der Waals surface area contributed by atoms with Gasteiger partial charge in [0, 0.05) is 37.6 Å². The Labute approximate surface area is 242 Å². The number of hydrogen-bond acceptors (Lipinski definition) is 8. The van der Waals surface area contributed by atoms with Crippen molar-refractivity contribution in [2.75, 3.05) is 28.8 Å². The van der Waals surface area contributed by atoms with Crippen molar-refractivity contribution in [3.05, 3.63) is 70.3 Å². The van der Waals surface area contributed by atoms with Crippen molar-refractivity contribution < 1.29 is 8.42 Å². The van der Waals surface area contributed by atoms with Crippen molar-refractivity contribution in [2.24, 2.45) is 5.41 Å². The predicted molar refractivity (Wildman–Crippen MR) is 161 cm³/mol. The van der Waals surface area contributed by atoms with Crippen LogP contribution in [0.5, 0.6) is 0 Å². The number of piperidine rings is 1. The first-order valence-corrected chi connectivity index (χ1v) is 16.0. The van der Waals surface area contributed by atoms with Gasteiger partial charge in [-0.1, -0.05) is 39.8 Å². The zero-order valence-electron chi connectivity index (χ0n) is 23.5. The summed E-state index contributed by atoms with van der Waals surface area (Å²) in [6.07, 6.45) is 7.21. The van der Waals surface area contributed by atoms with E-state index in [0.29, 0.717) is 45.9 Å². The van der Waals surface area contributed by atoms with Crippen LogP contribution in [-0.2, 0) is 22.2 Å². The number of nitrogens with zero attached hydrogens (tertiary/aromatic N) is 5. The lowest BCUT2D eigenvalue weighted by Crippen LogP contribution is -2.45. The number of benzene rings is 1. The summed E-state index contributed by atoms with van der Waals surface area (Å²) in [4.78, 5) is 7.09. The fourth-order valence-corrected chi connectivity index (χ4v) is 6.85. The number of nitrogens with one attached hydrogen (secondary N) is 1. The highest BCUT2D eigenvalue weighted by Crippen LogP contribution is 2.35. The van der Waals surface area contributed by atoms with Crippen molar-refractivity contribution in [3.63, 3.8) is 0 Å². The number of anilines is 2. The average molecular weight is 577 g/mol. The fourth-order valence-electron chi connectivity index (χ4n) is 4.81. The molecule has 0 aliphatic carbocycles. The van der Waals surface area contributed by atoms with Gasteiger partial charge >= 0.3 is 0 Å². The van der Waals surface area contributed by atoms with Crippen LogP contribution in [0.2, 0.25) is 0 Å². The Kier molecular flexibility index (Phi) is 9.25. The number of aromatic nitrogens is 1. The Morgan fingerprint density at radius 3 is 2.33 bits per heavy atom. The number of pyridine rings is 1. The normalized spacial score (nSPS) is 17.1. The molecule has 210 valence electrons. The lowest BCUT2D eigenvalue weighted by Gasteiger charge is -2.35. The fraction of sp³-hybridized carbons (Fsp3) is 0.433. The summed E-state index contributed by atoms with van der Waals surface area (Å²) in [6.45, 7) is 11.2. The third-order valence-corrected chi connectivity index (χ3v) is 9.39. The second-order valence-electron chi connectivity index (χ2n) is 11.2. The third-order valence-electron chi connectivity index (χ3n) is 6.96. The standard InChI is InChI=1S/C30H36N6O2S2/c1-5-25-26(18-31)28(35-15-12-23(13-16-35)33-21-30(2,3)4)34-29(27(25)19-32)39-20-22-8-10-24(11-9-22)36-14-6-7-17-40(36,37)38/h6-11,14,17,23,33H,5,12-13,15-16,20-21H2,1-4H3. The number of thioether (sulfide) groups is 1. The van der Waals surface area contributed by atoms with Crippen molar-refractivity contribution in [2.45, 2.75) is 63.8 Å². The Morgan fingerprint density at radius 2 is 1.75 bits per heavy atom. The van der Waals surface area contributed by atoms with Crippen molar-refractivity contribution in [1.82, 2.24) is 10.3 Å². The van der Waals surface area contributed by atoms with E-state index < -0.39 is 10.0 Å². The molecule has 0 radical (unpaired) electrons. The molecule has 4 rings (SSSR count). The number of allylic oxidation sites excluding steroid dienone is 2. The van der Waals surface area contributed by atoms with E-state index in [1.807, 2.05) is 19.1 Å². The summed E-state index contributed by atoms with van der Waals surface area (Å²) >= 11 is 1.47.